The maximum absolute atomic E-state index is 13.3. The number of amides is 3. The van der Waals surface area contributed by atoms with Crippen molar-refractivity contribution < 1.29 is 23.1 Å². The van der Waals surface area contributed by atoms with Gasteiger partial charge in [0, 0.05) is 30.9 Å². The van der Waals surface area contributed by atoms with Gasteiger partial charge in [-0.05, 0) is 54.4 Å². The molecule has 7 nitrogen and oxygen atoms in total. The Morgan fingerprint density at radius 2 is 1.85 bits per heavy atom. The van der Waals surface area contributed by atoms with E-state index >= 15 is 0 Å². The van der Waals surface area contributed by atoms with E-state index in [2.05, 4.69) is 5.32 Å². The predicted molar refractivity (Wildman–Crippen MR) is 128 cm³/mol. The maximum Gasteiger partial charge on any atom is 0.322 e. The number of methoxy groups -OCH3 is 1. The molecule has 0 aliphatic rings. The highest BCUT2D eigenvalue weighted by atomic mass is 35.5. The first-order chi connectivity index (χ1) is 16.4. The van der Waals surface area contributed by atoms with Gasteiger partial charge in [0.2, 0.25) is 5.91 Å². The predicted octanol–water partition coefficient (Wildman–Crippen LogP) is 5.09. The zero-order chi connectivity index (χ0) is 24.5. The summed E-state index contributed by atoms with van der Waals surface area (Å²) in [5.41, 5.74) is 2.16. The van der Waals surface area contributed by atoms with E-state index in [9.17, 15) is 14.0 Å². The van der Waals surface area contributed by atoms with E-state index in [4.69, 9.17) is 20.8 Å². The quantitative estimate of drug-likeness (QED) is 0.432. The first-order valence-corrected chi connectivity index (χ1v) is 11.1. The Balaban J connectivity index is 1.75. The van der Waals surface area contributed by atoms with Crippen molar-refractivity contribution in [2.24, 2.45) is 0 Å². The number of ether oxygens (including phenoxy) is 1. The van der Waals surface area contributed by atoms with Crippen molar-refractivity contribution in [2.75, 3.05) is 32.1 Å². The Hall–Kier alpha value is -3.36. The van der Waals surface area contributed by atoms with Crippen LogP contribution in [0.2, 0.25) is 5.02 Å². The number of carbonyl (C=O) groups excluding carboxylic acids is 2. The van der Waals surface area contributed by atoms with E-state index in [1.54, 1.807) is 47.4 Å². The Morgan fingerprint density at radius 1 is 1.09 bits per heavy atom. The molecule has 0 bridgehead atoms. The van der Waals surface area contributed by atoms with Crippen LogP contribution in [0.25, 0.3) is 0 Å². The highest BCUT2D eigenvalue weighted by Gasteiger charge is 2.23. The van der Waals surface area contributed by atoms with Crippen LogP contribution in [0.4, 0.5) is 14.9 Å². The second-order valence-corrected chi connectivity index (χ2v) is 8.17. The average Bonchev–Trinajstić information content (AvgIpc) is 3.33. The number of nitrogens with zero attached hydrogens (tertiary/aromatic N) is 2. The van der Waals surface area contributed by atoms with Gasteiger partial charge >= 0.3 is 6.03 Å². The summed E-state index contributed by atoms with van der Waals surface area (Å²) in [7, 11) is 1.52. The second-order valence-electron chi connectivity index (χ2n) is 7.76. The van der Waals surface area contributed by atoms with Crippen LogP contribution in [-0.2, 0) is 22.6 Å². The minimum absolute atomic E-state index is 0.184. The Kier molecular flexibility index (Phi) is 9.07. The molecule has 0 radical (unpaired) electrons. The van der Waals surface area contributed by atoms with Gasteiger partial charge in [-0.2, -0.15) is 0 Å². The third-order valence-electron chi connectivity index (χ3n) is 5.17. The number of aryl methyl sites for hydroxylation is 1. The molecule has 1 aromatic heterocycles. The van der Waals surface area contributed by atoms with Crippen molar-refractivity contribution in [2.45, 2.75) is 20.0 Å². The number of hydrogen-bond acceptors (Lipinski definition) is 4. The minimum atomic E-state index is -0.454. The summed E-state index contributed by atoms with van der Waals surface area (Å²) >= 11 is 6.16. The van der Waals surface area contributed by atoms with Gasteiger partial charge in [0.1, 0.15) is 18.1 Å². The molecule has 0 fully saturated rings. The van der Waals surface area contributed by atoms with E-state index in [0.717, 1.165) is 11.1 Å². The number of benzene rings is 2. The molecule has 0 spiro atoms. The molecule has 0 aliphatic carbocycles. The molecular weight excluding hydrogens is 461 g/mol. The number of nitrogens with one attached hydrogen (secondary N) is 1. The fourth-order valence-electron chi connectivity index (χ4n) is 3.22. The smallest absolute Gasteiger partial charge is 0.322 e. The average molecular weight is 488 g/mol. The van der Waals surface area contributed by atoms with E-state index in [1.807, 2.05) is 6.92 Å². The second kappa shape index (κ2) is 12.2. The van der Waals surface area contributed by atoms with Gasteiger partial charge in [-0.1, -0.05) is 29.8 Å². The molecular formula is C25H27ClFN3O4. The van der Waals surface area contributed by atoms with Gasteiger partial charge in [0.25, 0.3) is 0 Å². The van der Waals surface area contributed by atoms with Gasteiger partial charge in [-0.3, -0.25) is 4.79 Å². The molecule has 1 N–H and O–H groups in total. The van der Waals surface area contributed by atoms with Gasteiger partial charge in [0.15, 0.2) is 0 Å². The van der Waals surface area contributed by atoms with Crippen molar-refractivity contribution in [1.29, 1.82) is 0 Å². The zero-order valence-corrected chi connectivity index (χ0v) is 19.8. The minimum Gasteiger partial charge on any atom is -0.467 e. The Bertz CT molecular complexity index is 1090. The van der Waals surface area contributed by atoms with Crippen LogP contribution < -0.4 is 5.32 Å². The molecule has 0 atom stereocenters. The number of urea groups is 1. The van der Waals surface area contributed by atoms with E-state index < -0.39 is 6.03 Å². The van der Waals surface area contributed by atoms with Crippen molar-refractivity contribution in [3.8, 4) is 0 Å². The zero-order valence-electron chi connectivity index (χ0n) is 19.1. The third-order valence-corrected chi connectivity index (χ3v) is 5.58. The molecule has 3 rings (SSSR count). The maximum atomic E-state index is 13.3. The van der Waals surface area contributed by atoms with Crippen LogP contribution in [0.3, 0.4) is 0 Å². The van der Waals surface area contributed by atoms with Crippen molar-refractivity contribution in [1.82, 2.24) is 9.80 Å². The van der Waals surface area contributed by atoms with E-state index in [0.29, 0.717) is 16.5 Å². The molecule has 3 amide bonds. The van der Waals surface area contributed by atoms with Crippen LogP contribution in [0, 0.1) is 12.7 Å². The number of halogens is 2. The molecule has 9 heteroatoms. The molecule has 3 aromatic rings. The summed E-state index contributed by atoms with van der Waals surface area (Å²) in [5.74, 6) is -0.0575. The molecule has 0 unspecified atom stereocenters. The molecule has 0 saturated carbocycles. The van der Waals surface area contributed by atoms with Crippen LogP contribution in [0.5, 0.6) is 0 Å². The number of hydrogen-bond donors (Lipinski definition) is 1. The molecule has 0 saturated heterocycles. The molecule has 2 aromatic carbocycles. The summed E-state index contributed by atoms with van der Waals surface area (Å²) in [6.45, 7) is 2.58. The van der Waals surface area contributed by atoms with Crippen molar-refractivity contribution in [3.63, 3.8) is 0 Å². The Morgan fingerprint density at radius 3 is 2.50 bits per heavy atom. The normalized spacial score (nSPS) is 10.7. The van der Waals surface area contributed by atoms with E-state index in [-0.39, 0.29) is 44.5 Å². The molecule has 0 aliphatic heterocycles. The molecule has 180 valence electrons. The highest BCUT2D eigenvalue weighted by Crippen LogP contribution is 2.20. The lowest BCUT2D eigenvalue weighted by Crippen LogP contribution is -2.45. The number of anilines is 1. The van der Waals surface area contributed by atoms with Crippen molar-refractivity contribution in [3.05, 3.63) is 88.6 Å². The lowest BCUT2D eigenvalue weighted by molar-refractivity contribution is -0.133. The lowest BCUT2D eigenvalue weighted by atomic mass is 10.2. The monoisotopic (exact) mass is 487 g/mol. The first-order valence-electron chi connectivity index (χ1n) is 10.7. The van der Waals surface area contributed by atoms with Crippen LogP contribution >= 0.6 is 11.6 Å². The van der Waals surface area contributed by atoms with Crippen LogP contribution in [0.15, 0.2) is 65.3 Å². The topological polar surface area (TPSA) is 75.0 Å². The summed E-state index contributed by atoms with van der Waals surface area (Å²) in [5, 5.41) is 3.31. The number of furan rings is 1. The highest BCUT2D eigenvalue weighted by molar-refractivity contribution is 6.31. The number of rotatable bonds is 10. The SMILES string of the molecule is COCCN(CC(=O)N(Cc1ccc(F)cc1)Cc1ccco1)C(=O)Nc1ccc(C)c(Cl)c1. The third kappa shape index (κ3) is 7.33. The van der Waals surface area contributed by atoms with Gasteiger partial charge < -0.3 is 24.3 Å². The summed E-state index contributed by atoms with van der Waals surface area (Å²) in [4.78, 5) is 29.2. The summed E-state index contributed by atoms with van der Waals surface area (Å²) in [6, 6.07) is 14.2. The first kappa shape index (κ1) is 25.3. The fraction of sp³-hybridized carbons (Fsp3) is 0.280. The molecule has 34 heavy (non-hydrogen) atoms. The van der Waals surface area contributed by atoms with Gasteiger partial charge in [0.05, 0.1) is 19.4 Å². The Labute approximate surface area is 203 Å². The lowest BCUT2D eigenvalue weighted by Gasteiger charge is -2.27. The van der Waals surface area contributed by atoms with Crippen LogP contribution in [0.1, 0.15) is 16.9 Å². The van der Waals surface area contributed by atoms with Gasteiger partial charge in [-0.25, -0.2) is 9.18 Å². The largest absolute Gasteiger partial charge is 0.467 e. The standard InChI is InChI=1S/C25H27ClFN3O4/c1-18-5-10-21(14-23(18)26)28-25(32)29(11-13-33-2)17-24(31)30(16-22-4-3-12-34-22)15-19-6-8-20(27)9-7-19/h3-10,12,14H,11,13,15-17H2,1-2H3,(H,28,32). The summed E-state index contributed by atoms with van der Waals surface area (Å²) in [6.07, 6.45) is 1.53. The summed E-state index contributed by atoms with van der Waals surface area (Å²) < 4.78 is 23.9. The van der Waals surface area contributed by atoms with Crippen molar-refractivity contribution >= 4 is 29.2 Å². The fourth-order valence-corrected chi connectivity index (χ4v) is 3.40. The number of carbonyl (C=O) groups is 2. The van der Waals surface area contributed by atoms with Gasteiger partial charge in [-0.15, -0.1) is 0 Å². The molecule has 1 heterocycles. The van der Waals surface area contributed by atoms with Crippen LogP contribution in [-0.4, -0.2) is 48.5 Å². The van der Waals surface area contributed by atoms with E-state index in [1.165, 1.54) is 30.4 Å².